The summed E-state index contributed by atoms with van der Waals surface area (Å²) in [5.41, 5.74) is 4.76. The molecule has 10 heteroatoms. The Labute approximate surface area is 201 Å². The number of benzene rings is 2. The van der Waals surface area contributed by atoms with Crippen molar-refractivity contribution in [1.29, 1.82) is 0 Å². The van der Waals surface area contributed by atoms with Gasteiger partial charge in [0, 0.05) is 23.9 Å². The summed E-state index contributed by atoms with van der Waals surface area (Å²) in [7, 11) is -3.75. The summed E-state index contributed by atoms with van der Waals surface area (Å²) in [6.07, 6.45) is 1.11. The maximum Gasteiger partial charge on any atom is 0.281 e. The molecule has 2 heterocycles. The Hall–Kier alpha value is -3.34. The van der Waals surface area contributed by atoms with Crippen LogP contribution in [-0.2, 0) is 14.8 Å². The highest BCUT2D eigenvalue weighted by Crippen LogP contribution is 2.30. The molecule has 0 saturated heterocycles. The summed E-state index contributed by atoms with van der Waals surface area (Å²) in [5, 5.41) is 2.29. The van der Waals surface area contributed by atoms with Crippen LogP contribution in [0.25, 0.3) is 21.3 Å². The zero-order chi connectivity index (χ0) is 24.3. The minimum atomic E-state index is -3.75. The minimum absolute atomic E-state index is 0.113. The predicted molar refractivity (Wildman–Crippen MR) is 134 cm³/mol. The van der Waals surface area contributed by atoms with Crippen molar-refractivity contribution in [2.45, 2.75) is 31.1 Å². The van der Waals surface area contributed by atoms with Crippen molar-refractivity contribution in [2.24, 2.45) is 0 Å². The van der Waals surface area contributed by atoms with Crippen molar-refractivity contribution in [3.8, 4) is 11.1 Å². The van der Waals surface area contributed by atoms with Gasteiger partial charge < -0.3 is 0 Å². The normalized spacial score (nSPS) is 11.7. The molecule has 0 fully saturated rings. The molecule has 2 aromatic carbocycles. The fraction of sp³-hybridized carbons (Fsp3) is 0.208. The molecule has 0 aliphatic carbocycles. The summed E-state index contributed by atoms with van der Waals surface area (Å²) in [6.45, 7) is 3.94. The Morgan fingerprint density at radius 2 is 1.79 bits per heavy atom. The quantitative estimate of drug-likeness (QED) is 0.387. The number of aromatic nitrogens is 2. The topological polar surface area (TPSA) is 110 Å². The Balaban J connectivity index is 1.43. The maximum absolute atomic E-state index is 13.0. The molecule has 4 rings (SSSR count). The van der Waals surface area contributed by atoms with Crippen molar-refractivity contribution in [2.75, 3.05) is 12.0 Å². The molecule has 0 atom stereocenters. The van der Waals surface area contributed by atoms with E-state index >= 15 is 0 Å². The van der Waals surface area contributed by atoms with Crippen molar-refractivity contribution in [3.05, 3.63) is 82.2 Å². The van der Waals surface area contributed by atoms with Crippen LogP contribution in [-0.4, -0.2) is 30.5 Å². The first kappa shape index (κ1) is 23.8. The van der Waals surface area contributed by atoms with Crippen LogP contribution in [0.5, 0.6) is 0 Å². The summed E-state index contributed by atoms with van der Waals surface area (Å²) in [5.74, 6) is -0.221. The van der Waals surface area contributed by atoms with E-state index in [0.29, 0.717) is 16.1 Å². The van der Waals surface area contributed by atoms with Crippen molar-refractivity contribution >= 4 is 37.5 Å². The fourth-order valence-corrected chi connectivity index (χ4v) is 5.39. The third-order valence-electron chi connectivity index (χ3n) is 5.33. The number of fused-ring (bicyclic) bond motifs is 1. The lowest BCUT2D eigenvalue weighted by Crippen LogP contribution is -2.35. The van der Waals surface area contributed by atoms with Gasteiger partial charge in [0.1, 0.15) is 11.2 Å². The molecule has 176 valence electrons. The SMILES string of the molecule is CC(C)c1ccc(S(=O)(=O)NCCC(=O)Nn2cnc3scc(-c4ccccc4)c3c2=O)cc1. The number of carbonyl (C=O) groups is 1. The van der Waals surface area contributed by atoms with E-state index in [0.717, 1.165) is 21.4 Å². The van der Waals surface area contributed by atoms with Gasteiger partial charge in [-0.2, -0.15) is 0 Å². The van der Waals surface area contributed by atoms with Gasteiger partial charge in [0.15, 0.2) is 0 Å². The Kier molecular flexibility index (Phi) is 6.92. The van der Waals surface area contributed by atoms with Crippen LogP contribution in [0.4, 0.5) is 0 Å². The molecule has 2 N–H and O–H groups in total. The lowest BCUT2D eigenvalue weighted by molar-refractivity contribution is -0.117. The molecular weight excluding hydrogens is 472 g/mol. The fourth-order valence-electron chi connectivity index (χ4n) is 3.45. The first-order chi connectivity index (χ1) is 16.3. The number of hydrogen-bond donors (Lipinski definition) is 2. The average Bonchev–Trinajstić information content (AvgIpc) is 3.26. The molecule has 0 aliphatic heterocycles. The average molecular weight is 497 g/mol. The molecular formula is C24H24N4O4S2. The molecule has 34 heavy (non-hydrogen) atoms. The van der Waals surface area contributed by atoms with Crippen LogP contribution in [0.15, 0.2) is 76.0 Å². The Morgan fingerprint density at radius 3 is 2.47 bits per heavy atom. The van der Waals surface area contributed by atoms with Crippen molar-refractivity contribution < 1.29 is 13.2 Å². The highest BCUT2D eigenvalue weighted by molar-refractivity contribution is 7.89. The van der Waals surface area contributed by atoms with E-state index < -0.39 is 21.5 Å². The number of amides is 1. The lowest BCUT2D eigenvalue weighted by Gasteiger charge is -2.10. The monoisotopic (exact) mass is 496 g/mol. The van der Waals surface area contributed by atoms with E-state index in [4.69, 9.17) is 0 Å². The van der Waals surface area contributed by atoms with Gasteiger partial charge in [-0.05, 0) is 29.2 Å². The molecule has 0 spiro atoms. The highest BCUT2D eigenvalue weighted by Gasteiger charge is 2.16. The smallest absolute Gasteiger partial charge is 0.273 e. The number of nitrogens with one attached hydrogen (secondary N) is 2. The minimum Gasteiger partial charge on any atom is -0.273 e. The van der Waals surface area contributed by atoms with E-state index in [1.165, 1.54) is 17.7 Å². The molecule has 1 amide bonds. The van der Waals surface area contributed by atoms with Crippen LogP contribution in [0.1, 0.15) is 31.7 Å². The second-order valence-electron chi connectivity index (χ2n) is 8.02. The second-order valence-corrected chi connectivity index (χ2v) is 10.6. The molecule has 0 aliphatic rings. The van der Waals surface area contributed by atoms with Crippen molar-refractivity contribution in [3.63, 3.8) is 0 Å². The number of nitrogens with zero attached hydrogens (tertiary/aromatic N) is 2. The van der Waals surface area contributed by atoms with Gasteiger partial charge in [-0.3, -0.25) is 15.0 Å². The summed E-state index contributed by atoms with van der Waals surface area (Å²) in [6, 6.07) is 16.1. The zero-order valence-electron chi connectivity index (χ0n) is 18.7. The lowest BCUT2D eigenvalue weighted by atomic mass is 10.0. The molecule has 0 saturated carbocycles. The van der Waals surface area contributed by atoms with Crippen LogP contribution in [0, 0.1) is 0 Å². The van der Waals surface area contributed by atoms with E-state index in [1.807, 2.05) is 49.6 Å². The number of thiophene rings is 1. The highest BCUT2D eigenvalue weighted by atomic mass is 32.2. The number of rotatable bonds is 8. The van der Waals surface area contributed by atoms with Gasteiger partial charge in [-0.1, -0.05) is 56.3 Å². The van der Waals surface area contributed by atoms with E-state index in [1.54, 1.807) is 24.3 Å². The number of carbonyl (C=O) groups excluding carboxylic acids is 1. The molecule has 8 nitrogen and oxygen atoms in total. The van der Waals surface area contributed by atoms with Gasteiger partial charge in [0.2, 0.25) is 15.9 Å². The summed E-state index contributed by atoms with van der Waals surface area (Å²) < 4.78 is 28.4. The van der Waals surface area contributed by atoms with Crippen LogP contribution in [0.2, 0.25) is 0 Å². The second kappa shape index (κ2) is 9.88. The van der Waals surface area contributed by atoms with Crippen LogP contribution < -0.4 is 15.7 Å². The van der Waals surface area contributed by atoms with Crippen molar-refractivity contribution in [1.82, 2.24) is 14.4 Å². The number of hydrogen-bond acceptors (Lipinski definition) is 6. The van der Waals surface area contributed by atoms with E-state index in [2.05, 4.69) is 15.1 Å². The summed E-state index contributed by atoms with van der Waals surface area (Å²) in [4.78, 5) is 30.4. The van der Waals surface area contributed by atoms with Gasteiger partial charge in [-0.15, -0.1) is 11.3 Å². The first-order valence-electron chi connectivity index (χ1n) is 10.7. The molecule has 4 aromatic rings. The van der Waals surface area contributed by atoms with Gasteiger partial charge in [0.05, 0.1) is 10.3 Å². The first-order valence-corrected chi connectivity index (χ1v) is 13.1. The standard InChI is InChI=1S/C24H24N4O4S2/c1-16(2)17-8-10-19(11-9-17)34(31,32)26-13-12-21(29)27-28-15-25-23-22(24(28)30)20(14-33-23)18-6-4-3-5-7-18/h3-11,14-16,26H,12-13H2,1-2H3,(H,27,29). The van der Waals surface area contributed by atoms with E-state index in [9.17, 15) is 18.0 Å². The summed E-state index contributed by atoms with van der Waals surface area (Å²) >= 11 is 1.35. The van der Waals surface area contributed by atoms with Gasteiger partial charge in [-0.25, -0.2) is 22.8 Å². The molecule has 0 unspecified atom stereocenters. The Bertz CT molecular complexity index is 1480. The zero-order valence-corrected chi connectivity index (χ0v) is 20.3. The molecule has 0 radical (unpaired) electrons. The third kappa shape index (κ3) is 5.09. The van der Waals surface area contributed by atoms with Gasteiger partial charge >= 0.3 is 0 Å². The van der Waals surface area contributed by atoms with Gasteiger partial charge in [0.25, 0.3) is 5.56 Å². The largest absolute Gasteiger partial charge is 0.281 e. The number of sulfonamides is 1. The third-order valence-corrected chi connectivity index (χ3v) is 7.69. The van der Waals surface area contributed by atoms with Crippen LogP contribution in [0.3, 0.4) is 0 Å². The van der Waals surface area contributed by atoms with Crippen LogP contribution >= 0.6 is 11.3 Å². The predicted octanol–water partition coefficient (Wildman–Crippen LogP) is 3.69. The van der Waals surface area contributed by atoms with E-state index in [-0.39, 0.29) is 17.9 Å². The molecule has 0 bridgehead atoms. The maximum atomic E-state index is 13.0. The molecule has 2 aromatic heterocycles. The Morgan fingerprint density at radius 1 is 1.09 bits per heavy atom.